The lowest BCUT2D eigenvalue weighted by molar-refractivity contribution is -0.114. The zero-order valence-corrected chi connectivity index (χ0v) is 18.2. The minimum absolute atomic E-state index is 0.0155. The molecule has 0 spiro atoms. The van der Waals surface area contributed by atoms with Crippen LogP contribution in [0.5, 0.6) is 0 Å². The first kappa shape index (κ1) is 19.8. The molecule has 3 aromatic heterocycles. The molecule has 0 aliphatic rings. The Kier molecular flexibility index (Phi) is 5.75. The van der Waals surface area contributed by atoms with Crippen molar-refractivity contribution in [2.45, 2.75) is 18.9 Å². The van der Waals surface area contributed by atoms with Crippen LogP contribution in [0.2, 0.25) is 0 Å². The lowest BCUT2D eigenvalue weighted by atomic mass is 10.1. The topological polar surface area (TPSA) is 72.0 Å². The van der Waals surface area contributed by atoms with E-state index in [4.69, 9.17) is 0 Å². The Morgan fingerprint density at radius 2 is 1.90 bits per heavy atom. The predicted molar refractivity (Wildman–Crippen MR) is 121 cm³/mol. The number of carbonyl (C=O) groups is 2. The second kappa shape index (κ2) is 8.44. The molecule has 4 rings (SSSR count). The molecule has 0 aliphatic heterocycles. The number of nitrogens with zero attached hydrogens (tertiary/aromatic N) is 2. The SMILES string of the molecule is CC(=O)Nc1ccc(C(=O)CSc2nc(C)nc3scc(-c4cccs4)c23)cc1. The number of thioether (sulfide) groups is 1. The largest absolute Gasteiger partial charge is 0.326 e. The number of thiophene rings is 2. The van der Waals surface area contributed by atoms with Crippen molar-refractivity contribution in [3.8, 4) is 10.4 Å². The van der Waals surface area contributed by atoms with Gasteiger partial charge in [-0.05, 0) is 42.6 Å². The highest BCUT2D eigenvalue weighted by molar-refractivity contribution is 8.00. The molecule has 29 heavy (non-hydrogen) atoms. The molecule has 0 fully saturated rings. The number of anilines is 1. The number of benzene rings is 1. The second-order valence-corrected chi connectivity index (χ2v) is 9.12. The molecule has 1 amide bonds. The first-order valence-electron chi connectivity index (χ1n) is 8.84. The van der Waals surface area contributed by atoms with Crippen LogP contribution >= 0.6 is 34.4 Å². The van der Waals surface area contributed by atoms with Crippen LogP contribution in [0.1, 0.15) is 23.1 Å². The molecule has 5 nitrogen and oxygen atoms in total. The van der Waals surface area contributed by atoms with Crippen molar-refractivity contribution in [1.29, 1.82) is 0 Å². The van der Waals surface area contributed by atoms with E-state index in [1.54, 1.807) is 46.9 Å². The zero-order valence-electron chi connectivity index (χ0n) is 15.8. The Hall–Kier alpha value is -2.55. The summed E-state index contributed by atoms with van der Waals surface area (Å²) in [7, 11) is 0. The number of hydrogen-bond acceptors (Lipinski definition) is 7. The third-order valence-corrected chi connectivity index (χ3v) is 6.92. The van der Waals surface area contributed by atoms with Crippen LogP contribution in [-0.4, -0.2) is 27.4 Å². The van der Waals surface area contributed by atoms with Crippen LogP contribution < -0.4 is 5.32 Å². The molecule has 0 saturated heterocycles. The van der Waals surface area contributed by atoms with Crippen LogP contribution in [0.15, 0.2) is 52.2 Å². The number of rotatable bonds is 6. The summed E-state index contributed by atoms with van der Waals surface area (Å²) in [6, 6.07) is 11.1. The summed E-state index contributed by atoms with van der Waals surface area (Å²) in [5.41, 5.74) is 2.40. The summed E-state index contributed by atoms with van der Waals surface area (Å²) in [6.45, 7) is 3.33. The molecule has 146 valence electrons. The summed E-state index contributed by atoms with van der Waals surface area (Å²) in [6.07, 6.45) is 0. The second-order valence-electron chi connectivity index (χ2n) is 6.35. The van der Waals surface area contributed by atoms with Gasteiger partial charge in [0.05, 0.1) is 11.1 Å². The van der Waals surface area contributed by atoms with Crippen molar-refractivity contribution in [3.63, 3.8) is 0 Å². The number of amides is 1. The Balaban J connectivity index is 1.57. The molecule has 0 bridgehead atoms. The van der Waals surface area contributed by atoms with Gasteiger partial charge in [0.25, 0.3) is 0 Å². The Morgan fingerprint density at radius 1 is 1.10 bits per heavy atom. The molecule has 0 aliphatic carbocycles. The molecule has 1 N–H and O–H groups in total. The highest BCUT2D eigenvalue weighted by Gasteiger charge is 2.17. The monoisotopic (exact) mass is 439 g/mol. The molecular weight excluding hydrogens is 422 g/mol. The molecule has 3 heterocycles. The van der Waals surface area contributed by atoms with Crippen molar-refractivity contribution in [2.24, 2.45) is 0 Å². The van der Waals surface area contributed by atoms with E-state index in [2.05, 4.69) is 32.1 Å². The van der Waals surface area contributed by atoms with Gasteiger partial charge >= 0.3 is 0 Å². The Morgan fingerprint density at radius 3 is 2.59 bits per heavy atom. The molecule has 4 aromatic rings. The molecule has 1 aromatic carbocycles. The van der Waals surface area contributed by atoms with Crippen LogP contribution in [0.3, 0.4) is 0 Å². The van der Waals surface area contributed by atoms with E-state index in [-0.39, 0.29) is 17.4 Å². The van der Waals surface area contributed by atoms with E-state index in [1.807, 2.05) is 13.0 Å². The van der Waals surface area contributed by atoms with E-state index in [0.717, 1.165) is 20.8 Å². The van der Waals surface area contributed by atoms with Crippen LogP contribution in [0.4, 0.5) is 5.69 Å². The van der Waals surface area contributed by atoms with E-state index in [0.29, 0.717) is 17.1 Å². The fourth-order valence-corrected chi connectivity index (χ4v) is 5.74. The van der Waals surface area contributed by atoms with Gasteiger partial charge in [0.15, 0.2) is 5.78 Å². The normalized spacial score (nSPS) is 11.0. The lowest BCUT2D eigenvalue weighted by Gasteiger charge is -2.07. The summed E-state index contributed by atoms with van der Waals surface area (Å²) >= 11 is 4.72. The number of aryl methyl sites for hydroxylation is 1. The number of Topliss-reactive ketones (excluding diaryl/α,β-unsaturated/α-hetero) is 1. The Labute approximate surface area is 180 Å². The smallest absolute Gasteiger partial charge is 0.221 e. The first-order valence-corrected chi connectivity index (χ1v) is 11.6. The highest BCUT2D eigenvalue weighted by atomic mass is 32.2. The minimum Gasteiger partial charge on any atom is -0.326 e. The minimum atomic E-state index is -0.139. The first-order chi connectivity index (χ1) is 14.0. The number of nitrogens with one attached hydrogen (secondary N) is 1. The fourth-order valence-electron chi connectivity index (χ4n) is 2.89. The maximum atomic E-state index is 12.7. The standard InChI is InChI=1S/C21H17N3O2S3/c1-12-22-20-19(16(10-28-20)18-4-3-9-27-18)21(23-12)29-11-17(26)14-5-7-15(8-6-14)24-13(2)25/h3-10H,11H2,1-2H3,(H,24,25). The summed E-state index contributed by atoms with van der Waals surface area (Å²) in [5, 5.41) is 8.71. The zero-order chi connectivity index (χ0) is 20.4. The molecule has 0 saturated carbocycles. The van der Waals surface area contributed by atoms with Crippen molar-refractivity contribution in [3.05, 3.63) is 58.5 Å². The van der Waals surface area contributed by atoms with Gasteiger partial charge in [-0.15, -0.1) is 22.7 Å². The third kappa shape index (κ3) is 4.39. The molecule has 0 radical (unpaired) electrons. The van der Waals surface area contributed by atoms with Crippen molar-refractivity contribution >= 4 is 62.0 Å². The number of carbonyl (C=O) groups excluding carboxylic acids is 2. The predicted octanol–water partition coefficient (Wildman–Crippen LogP) is 5.66. The summed E-state index contributed by atoms with van der Waals surface area (Å²) in [4.78, 5) is 35.1. The molecule has 0 atom stereocenters. The molecule has 0 unspecified atom stereocenters. The number of aromatic nitrogens is 2. The average Bonchev–Trinajstić information content (AvgIpc) is 3.35. The van der Waals surface area contributed by atoms with Gasteiger partial charge in [0.2, 0.25) is 5.91 Å². The lowest BCUT2D eigenvalue weighted by Crippen LogP contribution is -2.07. The van der Waals surface area contributed by atoms with Gasteiger partial charge in [0, 0.05) is 34.0 Å². The van der Waals surface area contributed by atoms with Gasteiger partial charge in [-0.2, -0.15) is 0 Å². The maximum absolute atomic E-state index is 12.7. The van der Waals surface area contributed by atoms with E-state index in [1.165, 1.54) is 23.6 Å². The highest BCUT2D eigenvalue weighted by Crippen LogP contribution is 2.40. The quantitative estimate of drug-likeness (QED) is 0.238. The van der Waals surface area contributed by atoms with Crippen molar-refractivity contribution < 1.29 is 9.59 Å². The number of hydrogen-bond donors (Lipinski definition) is 1. The third-order valence-electron chi connectivity index (χ3n) is 4.17. The number of fused-ring (bicyclic) bond motifs is 1. The van der Waals surface area contributed by atoms with Gasteiger partial charge < -0.3 is 5.32 Å². The fraction of sp³-hybridized carbons (Fsp3) is 0.143. The van der Waals surface area contributed by atoms with E-state index in [9.17, 15) is 9.59 Å². The Bertz CT molecular complexity index is 1180. The summed E-state index contributed by atoms with van der Waals surface area (Å²) in [5.74, 6) is 0.860. The number of ketones is 1. The van der Waals surface area contributed by atoms with Crippen LogP contribution in [-0.2, 0) is 4.79 Å². The summed E-state index contributed by atoms with van der Waals surface area (Å²) < 4.78 is 0. The average molecular weight is 440 g/mol. The van der Waals surface area contributed by atoms with Crippen LogP contribution in [0, 0.1) is 6.92 Å². The van der Waals surface area contributed by atoms with Gasteiger partial charge in [-0.3, -0.25) is 9.59 Å². The maximum Gasteiger partial charge on any atom is 0.221 e. The van der Waals surface area contributed by atoms with Crippen LogP contribution in [0.25, 0.3) is 20.7 Å². The molecule has 8 heteroatoms. The van der Waals surface area contributed by atoms with Gasteiger partial charge in [-0.1, -0.05) is 17.8 Å². The van der Waals surface area contributed by atoms with Gasteiger partial charge in [-0.25, -0.2) is 9.97 Å². The van der Waals surface area contributed by atoms with Crippen molar-refractivity contribution in [1.82, 2.24) is 9.97 Å². The van der Waals surface area contributed by atoms with Crippen molar-refractivity contribution in [2.75, 3.05) is 11.1 Å². The van der Waals surface area contributed by atoms with E-state index >= 15 is 0 Å². The van der Waals surface area contributed by atoms with E-state index < -0.39 is 0 Å². The molecular formula is C21H17N3O2S3. The van der Waals surface area contributed by atoms with Gasteiger partial charge in [0.1, 0.15) is 15.7 Å².